The Morgan fingerprint density at radius 1 is 0.870 bits per heavy atom. The number of hydrogen-bond acceptors (Lipinski definition) is 0. The van der Waals surface area contributed by atoms with E-state index in [0.29, 0.717) is 22.5 Å². The first-order valence-electron chi connectivity index (χ1n) is 8.95. The van der Waals surface area contributed by atoms with Crippen LogP contribution in [0.25, 0.3) is 10.9 Å². The summed E-state index contributed by atoms with van der Waals surface area (Å²) >= 11 is 0. The molecular weight excluding hydrogens is 301 g/mol. The lowest BCUT2D eigenvalue weighted by molar-refractivity contribution is 0.638. The molecule has 1 aromatic carbocycles. The Morgan fingerprint density at radius 2 is 1.39 bits per heavy atom. The number of benzene rings is 1. The molecule has 1 heterocycles. The van der Waals surface area contributed by atoms with Crippen molar-refractivity contribution in [2.45, 2.75) is 77.9 Å². The maximum Gasteiger partial charge on any atom is 0.169 e. The largest absolute Gasteiger partial charge is 0.373 e. The van der Waals surface area contributed by atoms with Gasteiger partial charge >= 0.3 is 0 Å². The summed E-state index contributed by atoms with van der Waals surface area (Å²) in [6.07, 6.45) is 2.28. The second kappa shape index (κ2) is 6.43. The van der Waals surface area contributed by atoms with E-state index in [1.807, 2.05) is 6.07 Å². The van der Waals surface area contributed by atoms with Crippen LogP contribution in [0, 0.1) is 5.82 Å². The van der Waals surface area contributed by atoms with Gasteiger partial charge in [-0.25, -0.2) is 4.39 Å². The normalized spacial score (nSPS) is 13.3. The first-order valence-corrected chi connectivity index (χ1v) is 11.1. The van der Waals surface area contributed by atoms with Crippen LogP contribution in [-0.2, 0) is 0 Å². The van der Waals surface area contributed by atoms with Crippen LogP contribution < -0.4 is 0 Å². The molecule has 0 atom stereocenters. The molecule has 0 spiro atoms. The maximum atomic E-state index is 14.6. The molecule has 128 valence electrons. The van der Waals surface area contributed by atoms with E-state index in [1.165, 1.54) is 0 Å². The number of nitrogens with zero attached hydrogens (tertiary/aromatic N) is 1. The molecule has 0 aliphatic rings. The standard InChI is InChI=1S/C20H32FNSi/c1-13(2)17-12-22(19-11-9-10-18(21)20(17)19)23(14(3)4,15(5)6)16(7)8/h9-16H,1-8H3. The van der Waals surface area contributed by atoms with Gasteiger partial charge in [-0.2, -0.15) is 0 Å². The molecule has 0 N–H and O–H groups in total. The molecule has 0 radical (unpaired) electrons. The molecule has 1 nitrogen and oxygen atoms in total. The molecule has 0 saturated heterocycles. The molecule has 0 fully saturated rings. The molecule has 1 aromatic heterocycles. The van der Waals surface area contributed by atoms with E-state index < -0.39 is 8.24 Å². The van der Waals surface area contributed by atoms with E-state index in [4.69, 9.17) is 0 Å². The van der Waals surface area contributed by atoms with Crippen LogP contribution in [0.15, 0.2) is 24.4 Å². The third-order valence-electron chi connectivity index (χ3n) is 5.62. The fourth-order valence-corrected chi connectivity index (χ4v) is 11.5. The van der Waals surface area contributed by atoms with E-state index in [-0.39, 0.29) is 5.82 Å². The van der Waals surface area contributed by atoms with Crippen molar-refractivity contribution in [3.05, 3.63) is 35.8 Å². The average Bonchev–Trinajstić information content (AvgIpc) is 2.80. The number of hydrogen-bond donors (Lipinski definition) is 0. The Kier molecular flexibility index (Phi) is 5.10. The van der Waals surface area contributed by atoms with Gasteiger partial charge in [0.2, 0.25) is 0 Å². The predicted octanol–water partition coefficient (Wildman–Crippen LogP) is 6.93. The smallest absolute Gasteiger partial charge is 0.169 e. The van der Waals surface area contributed by atoms with Crippen LogP contribution in [0.4, 0.5) is 4.39 Å². The van der Waals surface area contributed by atoms with Gasteiger partial charge in [0.1, 0.15) is 5.82 Å². The van der Waals surface area contributed by atoms with Crippen molar-refractivity contribution in [2.75, 3.05) is 0 Å². The first-order chi connectivity index (χ1) is 10.7. The minimum atomic E-state index is -1.87. The zero-order valence-corrected chi connectivity index (χ0v) is 16.9. The highest BCUT2D eigenvalue weighted by Gasteiger charge is 2.46. The van der Waals surface area contributed by atoms with E-state index >= 15 is 0 Å². The quantitative estimate of drug-likeness (QED) is 0.523. The third-order valence-corrected chi connectivity index (χ3v) is 12.4. The molecule has 2 rings (SSSR count). The van der Waals surface area contributed by atoms with Crippen LogP contribution in [0.1, 0.15) is 66.9 Å². The second-order valence-electron chi connectivity index (χ2n) is 8.09. The van der Waals surface area contributed by atoms with E-state index in [1.54, 1.807) is 6.07 Å². The summed E-state index contributed by atoms with van der Waals surface area (Å²) in [5, 5.41) is 0.835. The minimum Gasteiger partial charge on any atom is -0.373 e. The topological polar surface area (TPSA) is 4.93 Å². The Morgan fingerprint density at radius 3 is 1.83 bits per heavy atom. The molecule has 0 bridgehead atoms. The molecule has 0 aliphatic carbocycles. The van der Waals surface area contributed by atoms with Crippen molar-refractivity contribution in [3.8, 4) is 0 Å². The molecule has 0 aliphatic heterocycles. The Hall–Kier alpha value is -1.09. The minimum absolute atomic E-state index is 0.0795. The Balaban J connectivity index is 2.93. The number of fused-ring (bicyclic) bond motifs is 1. The zero-order valence-electron chi connectivity index (χ0n) is 15.9. The zero-order chi connectivity index (χ0) is 17.5. The maximum absolute atomic E-state index is 14.6. The summed E-state index contributed by atoms with van der Waals surface area (Å²) in [6.45, 7) is 18.4. The van der Waals surface area contributed by atoms with Crippen molar-refractivity contribution >= 4 is 19.1 Å². The summed E-state index contributed by atoms with van der Waals surface area (Å²) < 4.78 is 17.1. The average molecular weight is 334 g/mol. The molecule has 0 unspecified atom stereocenters. The van der Waals surface area contributed by atoms with Crippen molar-refractivity contribution in [1.82, 2.24) is 4.23 Å². The molecular formula is C20H32FNSi. The van der Waals surface area contributed by atoms with Gasteiger partial charge in [-0.15, -0.1) is 0 Å². The summed E-state index contributed by atoms with van der Waals surface area (Å²) in [5.74, 6) is 0.248. The van der Waals surface area contributed by atoms with Gasteiger partial charge in [0.15, 0.2) is 8.24 Å². The molecule has 0 saturated carbocycles. The molecule has 0 amide bonds. The number of halogens is 1. The molecule has 3 heteroatoms. The van der Waals surface area contributed by atoms with Crippen molar-refractivity contribution in [1.29, 1.82) is 0 Å². The van der Waals surface area contributed by atoms with Crippen LogP contribution in [0.2, 0.25) is 16.6 Å². The summed E-state index contributed by atoms with van der Waals surface area (Å²) in [5.41, 5.74) is 4.04. The van der Waals surface area contributed by atoms with Gasteiger partial charge in [0.05, 0.1) is 0 Å². The van der Waals surface area contributed by atoms with Gasteiger partial charge < -0.3 is 4.23 Å². The SMILES string of the molecule is CC(C)c1cn([Si](C(C)C)(C(C)C)C(C)C)c2cccc(F)c12. The van der Waals surface area contributed by atoms with Crippen molar-refractivity contribution in [2.24, 2.45) is 0 Å². The number of rotatable bonds is 5. The highest BCUT2D eigenvalue weighted by atomic mass is 28.3. The van der Waals surface area contributed by atoms with Gasteiger partial charge in [-0.3, -0.25) is 0 Å². The Bertz CT molecular complexity index is 660. The van der Waals surface area contributed by atoms with Crippen molar-refractivity contribution < 1.29 is 4.39 Å². The monoisotopic (exact) mass is 333 g/mol. The van der Waals surface area contributed by atoms with Gasteiger partial charge in [0.25, 0.3) is 0 Å². The van der Waals surface area contributed by atoms with Crippen LogP contribution >= 0.6 is 0 Å². The summed E-state index contributed by atoms with van der Waals surface area (Å²) in [6, 6.07) is 5.57. The first kappa shape index (κ1) is 18.2. The predicted molar refractivity (Wildman–Crippen MR) is 102 cm³/mol. The molecule has 23 heavy (non-hydrogen) atoms. The Labute approximate surface area is 142 Å². The van der Waals surface area contributed by atoms with Crippen LogP contribution in [-0.4, -0.2) is 12.5 Å². The fourth-order valence-electron chi connectivity index (χ4n) is 4.87. The van der Waals surface area contributed by atoms with Gasteiger partial charge in [-0.1, -0.05) is 61.5 Å². The van der Waals surface area contributed by atoms with E-state index in [9.17, 15) is 4.39 Å². The second-order valence-corrected chi connectivity index (χ2v) is 13.8. The lowest BCUT2D eigenvalue weighted by atomic mass is 10.0. The van der Waals surface area contributed by atoms with Gasteiger partial charge in [0, 0.05) is 10.9 Å². The highest BCUT2D eigenvalue weighted by molar-refractivity contribution is 6.82. The van der Waals surface area contributed by atoms with Gasteiger partial charge in [-0.05, 0) is 46.4 Å². The molecule has 2 aromatic rings. The highest BCUT2D eigenvalue weighted by Crippen LogP contribution is 2.45. The number of aromatic nitrogens is 1. The van der Waals surface area contributed by atoms with E-state index in [2.05, 4.69) is 71.9 Å². The lowest BCUT2D eigenvalue weighted by Gasteiger charge is -2.44. The van der Waals surface area contributed by atoms with Crippen molar-refractivity contribution in [3.63, 3.8) is 0 Å². The van der Waals surface area contributed by atoms with Crippen LogP contribution in [0.3, 0.4) is 0 Å². The lowest BCUT2D eigenvalue weighted by Crippen LogP contribution is -2.51. The third kappa shape index (κ3) is 2.67. The van der Waals surface area contributed by atoms with Crippen LogP contribution in [0.5, 0.6) is 0 Å². The fraction of sp³-hybridized carbons (Fsp3) is 0.600. The summed E-state index contributed by atoms with van der Waals surface area (Å²) in [7, 11) is -1.87. The summed E-state index contributed by atoms with van der Waals surface area (Å²) in [4.78, 5) is 0. The van der Waals surface area contributed by atoms with E-state index in [0.717, 1.165) is 16.5 Å².